The molecule has 4 bridgehead atoms. The molecule has 6 heterocycles. The predicted molar refractivity (Wildman–Crippen MR) is 325 cm³/mol. The van der Waals surface area contributed by atoms with Crippen molar-refractivity contribution in [1.82, 2.24) is 4.90 Å². The smallest absolute Gasteiger partial charge is 0.344 e. The van der Waals surface area contributed by atoms with Crippen LogP contribution < -0.4 is 43.4 Å². The van der Waals surface area contributed by atoms with Gasteiger partial charge in [0.05, 0.1) is 58.4 Å². The van der Waals surface area contributed by atoms with E-state index in [1.54, 1.807) is 0 Å². The lowest BCUT2D eigenvalue weighted by atomic mass is 9.88. The minimum Gasteiger partial charge on any atom is -1.00 e. The zero-order valence-electron chi connectivity index (χ0n) is 49.5. The van der Waals surface area contributed by atoms with Crippen LogP contribution in [0.3, 0.4) is 0 Å². The first-order chi connectivity index (χ1) is 40.6. The van der Waals surface area contributed by atoms with Gasteiger partial charge in [-0.1, -0.05) is 72.8 Å². The van der Waals surface area contributed by atoms with Gasteiger partial charge in [-0.25, -0.2) is 19.6 Å². The second-order valence-electron chi connectivity index (χ2n) is 21.4. The Morgan fingerprint density at radius 2 is 1.00 bits per heavy atom. The van der Waals surface area contributed by atoms with Gasteiger partial charge in [-0.2, -0.15) is 0 Å². The van der Waals surface area contributed by atoms with E-state index in [1.807, 2.05) is 58.9 Å². The van der Waals surface area contributed by atoms with Gasteiger partial charge >= 0.3 is 23.9 Å². The molecule has 6 aromatic rings. The number of carboxylic acid groups (broad SMARTS) is 1. The quantitative estimate of drug-likeness (QED) is 0.0413. The maximum Gasteiger partial charge on any atom is 0.344 e. The van der Waals surface area contributed by atoms with Crippen molar-refractivity contribution >= 4 is 64.1 Å². The number of hydrogen-bond donors (Lipinski definition) is 2. The van der Waals surface area contributed by atoms with Crippen LogP contribution in [0.5, 0.6) is 11.5 Å². The fraction of sp³-hybridized carbons (Fsp3) is 0.379. The van der Waals surface area contributed by atoms with Crippen molar-refractivity contribution in [3.63, 3.8) is 0 Å². The highest BCUT2D eigenvalue weighted by Gasteiger charge is 2.65. The number of rotatable bonds is 18. The van der Waals surface area contributed by atoms with Gasteiger partial charge in [0.1, 0.15) is 29.8 Å². The molecule has 0 saturated carbocycles. The zero-order valence-corrected chi connectivity index (χ0v) is 55.1. The van der Waals surface area contributed by atoms with Gasteiger partial charge in [0.25, 0.3) is 0 Å². The molecule has 16 nitrogen and oxygen atoms in total. The molecule has 21 heteroatoms. The molecule has 6 aliphatic heterocycles. The molecule has 0 radical (unpaired) electrons. The lowest BCUT2D eigenvalue weighted by Crippen LogP contribution is -3.00. The number of benzene rings is 6. The molecule has 0 aromatic heterocycles. The molecule has 0 amide bonds. The van der Waals surface area contributed by atoms with Crippen molar-refractivity contribution in [1.29, 1.82) is 0 Å². The molecule has 2 N–H and O–H groups in total. The summed E-state index contributed by atoms with van der Waals surface area (Å²) in [6.45, 7) is 12.0. The van der Waals surface area contributed by atoms with Gasteiger partial charge in [-0.15, -0.1) is 12.4 Å². The van der Waals surface area contributed by atoms with Crippen molar-refractivity contribution in [3.05, 3.63) is 168 Å². The fourth-order valence-electron chi connectivity index (χ4n) is 11.3. The number of aliphatic carboxylic acids is 1. The topological polar surface area (TPSA) is 201 Å². The Bertz CT molecular complexity index is 3190. The van der Waals surface area contributed by atoms with Gasteiger partial charge in [-0.3, -0.25) is 9.59 Å². The van der Waals surface area contributed by atoms with Crippen LogP contribution in [-0.2, 0) is 64.7 Å². The molecule has 12 rings (SSSR count). The average Bonchev–Trinajstić information content (AvgIpc) is 1.67. The van der Waals surface area contributed by atoms with Crippen molar-refractivity contribution in [2.75, 3.05) is 46.9 Å². The summed E-state index contributed by atoms with van der Waals surface area (Å²) in [4.78, 5) is 63.7. The van der Waals surface area contributed by atoms with Crippen LogP contribution in [0.4, 0.5) is 0 Å². The summed E-state index contributed by atoms with van der Waals surface area (Å²) in [6, 6.07) is 52.9. The van der Waals surface area contributed by atoms with Gasteiger partial charge < -0.3 is 82.2 Å². The predicted octanol–water partition coefficient (Wildman–Crippen LogP) is 3.89. The third kappa shape index (κ3) is 17.2. The molecular weight excluding hydrogens is 1300 g/mol. The van der Waals surface area contributed by atoms with E-state index < -0.39 is 30.3 Å². The highest BCUT2D eigenvalue weighted by atomic mass is 79.9. The number of esters is 3. The fourth-order valence-corrected chi connectivity index (χ4v) is 15.8. The van der Waals surface area contributed by atoms with Crippen LogP contribution in [0.25, 0.3) is 0 Å². The van der Waals surface area contributed by atoms with Gasteiger partial charge in [0.2, 0.25) is 0 Å². The molecule has 10 atom stereocenters. The Hall–Kier alpha value is -6.03. The van der Waals surface area contributed by atoms with E-state index in [-0.39, 0.29) is 136 Å². The zero-order chi connectivity index (χ0) is 59.4. The number of halogens is 3. The summed E-state index contributed by atoms with van der Waals surface area (Å²) in [5.74, 6) is -0.886. The Kier molecular flexibility index (Phi) is 26.6. The second kappa shape index (κ2) is 33.0. The number of carbonyl (C=O) groups excluding carboxylic acids is 3. The minimum atomic E-state index is -0.971. The van der Waals surface area contributed by atoms with E-state index in [1.165, 1.54) is 29.4 Å². The molecule has 6 fully saturated rings. The molecule has 6 saturated heterocycles. The van der Waals surface area contributed by atoms with Crippen molar-refractivity contribution < 1.29 is 96.5 Å². The molecular formula is C66H74Br2ClN3O13S2. The summed E-state index contributed by atoms with van der Waals surface area (Å²) in [5.41, 5.74) is 3.81. The maximum absolute atomic E-state index is 12.6. The van der Waals surface area contributed by atoms with Gasteiger partial charge in [-0.05, 0) is 145 Å². The average molecular weight is 1380 g/mol. The van der Waals surface area contributed by atoms with E-state index in [9.17, 15) is 24.3 Å². The highest BCUT2D eigenvalue weighted by molar-refractivity contribution is 7.97. The highest BCUT2D eigenvalue weighted by Crippen LogP contribution is 2.48. The molecule has 87 heavy (non-hydrogen) atoms. The summed E-state index contributed by atoms with van der Waals surface area (Å²) in [7, 11) is 3.62. The molecule has 10 unspecified atom stereocenters. The number of carbonyl (C=O) groups is 4. The number of aliphatic hydroxyl groups is 1. The summed E-state index contributed by atoms with van der Waals surface area (Å²) in [5, 5.41) is 18.3. The van der Waals surface area contributed by atoms with E-state index in [0.717, 1.165) is 48.3 Å². The molecule has 6 aliphatic rings. The van der Waals surface area contributed by atoms with Crippen LogP contribution in [0.1, 0.15) is 48.4 Å². The van der Waals surface area contributed by atoms with Crippen LogP contribution in [0.2, 0.25) is 0 Å². The Labute approximate surface area is 542 Å². The third-order valence-corrected chi connectivity index (χ3v) is 19.4. The number of ether oxygens (including phenoxy) is 7. The first-order valence-corrected chi connectivity index (χ1v) is 30.8. The van der Waals surface area contributed by atoms with Gasteiger partial charge in [0.15, 0.2) is 60.9 Å². The van der Waals surface area contributed by atoms with E-state index in [4.69, 9.17) is 38.3 Å². The summed E-state index contributed by atoms with van der Waals surface area (Å²) >= 11 is 0. The Balaban J connectivity index is 0.000000206. The number of aliphatic hydroxyl groups excluding tert-OH is 1. The van der Waals surface area contributed by atoms with E-state index in [0.29, 0.717) is 24.3 Å². The minimum absolute atomic E-state index is 0. The molecule has 464 valence electrons. The lowest BCUT2D eigenvalue weighted by molar-refractivity contribution is -0.162. The third-order valence-electron chi connectivity index (χ3n) is 15.0. The van der Waals surface area contributed by atoms with Crippen molar-refractivity contribution in [3.8, 4) is 11.5 Å². The number of nitrogens with zero attached hydrogens (tertiary/aromatic N) is 3. The Morgan fingerprint density at radius 3 is 1.40 bits per heavy atom. The lowest BCUT2D eigenvalue weighted by Gasteiger charge is -2.22. The SMILES string of the molecule is CCN=C=NCCCN(C)C.Cc1cc([S+](c2ccccc2)c2ccccc2)cc(C)c1OCC(=O)O.Cc1cc([S+](c2ccccc2)c2ccccc2)cc(C)c1OCC(=O)OC1C2CC3C(=O)OC1C3O2.Cl.O=C1OC2C(O)C3CC1C2O3.[Br-].[Br-]. The number of hydrogen-bond acceptors (Lipinski definition) is 15. The largest absolute Gasteiger partial charge is 1.00 e. The summed E-state index contributed by atoms with van der Waals surface area (Å²) < 4.78 is 38.5. The van der Waals surface area contributed by atoms with E-state index in [2.05, 4.69) is 156 Å². The van der Waals surface area contributed by atoms with Crippen LogP contribution in [0, 0.1) is 39.5 Å². The number of aryl methyl sites for hydroxylation is 4. The second-order valence-corrected chi connectivity index (χ2v) is 25.5. The van der Waals surface area contributed by atoms with Gasteiger partial charge in [0, 0.05) is 30.8 Å². The van der Waals surface area contributed by atoms with E-state index >= 15 is 0 Å². The van der Waals surface area contributed by atoms with Crippen LogP contribution in [-0.4, -0.2) is 141 Å². The molecule has 0 spiro atoms. The first-order valence-electron chi connectivity index (χ1n) is 28.3. The normalized spacial score (nSPS) is 22.5. The maximum atomic E-state index is 12.6. The standard InChI is InChI=1S/C29H27O6S.C22H20O3S.C8H17N3.C7H8O4.2BrH.ClH/c1-17-13-21(36(19-9-5-3-6-10-19)20-11-7-4-8-12-20)14-18(2)25(17)32-16-24(30)34-27-23-15-22-26(33-23)28(27)35-29(22)31;1-16-13-20(14-17(2)22(16)25-15-21(23)24)26(18-9-5-3-6-10-18)19-11-7-4-8-12-19;1-4-9-8-10-6-5-7-11(2)3;8-4-3-1-2-5(10-3)6(4)11-7(2)9;;;/h3-14,22-23,26-28H,15-16H2,1-2H3;3-14H,15H2,1-2H3;4-7H2,1-3H3;2-6,8H,1H2;3*1H/q+1;;;;;;/p-1. The van der Waals surface area contributed by atoms with Crippen molar-refractivity contribution in [2.24, 2.45) is 21.8 Å². The number of aliphatic imine (C=N–C) groups is 2. The molecule has 6 aromatic carbocycles. The number of fused-ring (bicyclic) bond motifs is 2. The van der Waals surface area contributed by atoms with Crippen LogP contribution in [0.15, 0.2) is 185 Å². The number of carboxylic acids is 1. The van der Waals surface area contributed by atoms with Crippen molar-refractivity contribution in [2.45, 2.75) is 132 Å². The summed E-state index contributed by atoms with van der Waals surface area (Å²) in [6.07, 6.45) is -0.612. The first kappa shape index (κ1) is 70.1. The molecule has 0 aliphatic carbocycles. The Morgan fingerprint density at radius 1 is 0.598 bits per heavy atom. The monoisotopic (exact) mass is 1370 g/mol. The van der Waals surface area contributed by atoms with Crippen LogP contribution >= 0.6 is 12.4 Å².